The van der Waals surface area contributed by atoms with Crippen LogP contribution in [0.1, 0.15) is 63.3 Å². The Kier molecular flexibility index (Phi) is 7.42. The van der Waals surface area contributed by atoms with Crippen molar-refractivity contribution in [2.45, 2.75) is 83.4 Å². The van der Waals surface area contributed by atoms with Crippen molar-refractivity contribution in [1.82, 2.24) is 20.1 Å². The maximum Gasteiger partial charge on any atom is 0.408 e. The molecule has 0 radical (unpaired) electrons. The number of hydrogen-bond acceptors (Lipinski definition) is 5. The van der Waals surface area contributed by atoms with E-state index in [9.17, 15) is 14.4 Å². The average molecular weight is 482 g/mol. The molecule has 0 unspecified atom stereocenters. The van der Waals surface area contributed by atoms with E-state index in [1.807, 2.05) is 36.5 Å². The molecule has 2 aromatic rings. The topological polar surface area (TPSA) is 106 Å². The first kappa shape index (κ1) is 24.8. The summed E-state index contributed by atoms with van der Waals surface area (Å²) in [6.45, 7) is 5.77. The number of aromatic nitrogens is 2. The highest BCUT2D eigenvalue weighted by Crippen LogP contribution is 2.22. The quantitative estimate of drug-likeness (QED) is 0.660. The summed E-state index contributed by atoms with van der Waals surface area (Å²) in [6.07, 6.45) is 6.91. The number of carbonyl (C=O) groups excluding carboxylic acids is 3. The fourth-order valence-corrected chi connectivity index (χ4v) is 4.72. The summed E-state index contributed by atoms with van der Waals surface area (Å²) < 4.78 is 5.40. The summed E-state index contributed by atoms with van der Waals surface area (Å²) in [6, 6.07) is 8.02. The van der Waals surface area contributed by atoms with Crippen LogP contribution in [0.4, 0.5) is 4.79 Å². The number of likely N-dealkylation sites (tertiary alicyclic amines) is 1. The lowest BCUT2D eigenvalue weighted by molar-refractivity contribution is -0.138. The van der Waals surface area contributed by atoms with E-state index in [-0.39, 0.29) is 11.8 Å². The van der Waals surface area contributed by atoms with Crippen LogP contribution in [0, 0.1) is 0 Å². The van der Waals surface area contributed by atoms with E-state index < -0.39 is 23.8 Å². The third kappa shape index (κ3) is 6.41. The molecular formula is C26H35N5O4. The Morgan fingerprint density at radius 1 is 1.11 bits per heavy atom. The summed E-state index contributed by atoms with van der Waals surface area (Å²) in [5.74, 6) is -0.566. The van der Waals surface area contributed by atoms with Gasteiger partial charge < -0.3 is 15.0 Å². The van der Waals surface area contributed by atoms with Crippen molar-refractivity contribution in [3.8, 4) is 0 Å². The third-order valence-electron chi connectivity index (χ3n) is 6.32. The smallest absolute Gasteiger partial charge is 0.408 e. The van der Waals surface area contributed by atoms with Gasteiger partial charge in [-0.2, -0.15) is 9.89 Å². The number of rotatable bonds is 6. The molecule has 1 aliphatic heterocycles. The van der Waals surface area contributed by atoms with Crippen LogP contribution < -0.4 is 10.7 Å². The van der Waals surface area contributed by atoms with Crippen molar-refractivity contribution in [2.75, 3.05) is 12.0 Å². The first-order valence-corrected chi connectivity index (χ1v) is 12.4. The molecule has 0 spiro atoms. The van der Waals surface area contributed by atoms with Crippen LogP contribution in [0.2, 0.25) is 0 Å². The van der Waals surface area contributed by atoms with E-state index in [4.69, 9.17) is 4.74 Å². The van der Waals surface area contributed by atoms with Crippen LogP contribution in [-0.4, -0.2) is 56.9 Å². The molecule has 9 heteroatoms. The molecule has 2 atom stereocenters. The summed E-state index contributed by atoms with van der Waals surface area (Å²) in [4.78, 5) is 42.4. The number of aryl methyl sites for hydroxylation is 2. The van der Waals surface area contributed by atoms with Gasteiger partial charge in [0.15, 0.2) is 0 Å². The third-order valence-corrected chi connectivity index (χ3v) is 6.32. The lowest BCUT2D eigenvalue weighted by Gasteiger charge is -2.29. The van der Waals surface area contributed by atoms with E-state index in [1.165, 1.54) is 10.4 Å². The number of alkyl carbamates (subject to hydrolysis) is 1. The number of amides is 3. The first-order chi connectivity index (χ1) is 16.7. The predicted octanol–water partition coefficient (Wildman–Crippen LogP) is 2.96. The Morgan fingerprint density at radius 2 is 1.86 bits per heavy atom. The van der Waals surface area contributed by atoms with Crippen molar-refractivity contribution in [3.05, 3.63) is 53.3 Å². The van der Waals surface area contributed by atoms with Gasteiger partial charge in [-0.05, 0) is 70.4 Å². The van der Waals surface area contributed by atoms with Gasteiger partial charge in [0.1, 0.15) is 17.7 Å². The zero-order valence-electron chi connectivity index (χ0n) is 20.8. The van der Waals surface area contributed by atoms with Gasteiger partial charge >= 0.3 is 6.09 Å². The Labute approximate surface area is 206 Å². The molecule has 0 saturated carbocycles. The highest BCUT2D eigenvalue weighted by molar-refractivity contribution is 5.95. The molecule has 1 saturated heterocycles. The molecule has 2 aliphatic rings. The molecular weight excluding hydrogens is 446 g/mol. The van der Waals surface area contributed by atoms with Crippen LogP contribution in [0.3, 0.4) is 0 Å². The number of nitrogens with zero attached hydrogens (tertiary/aromatic N) is 3. The van der Waals surface area contributed by atoms with Gasteiger partial charge in [0.25, 0.3) is 5.91 Å². The number of fused-ring (bicyclic) bond motifs is 1. The number of benzene rings is 1. The summed E-state index contributed by atoms with van der Waals surface area (Å²) in [7, 11) is 0. The number of ether oxygens (including phenoxy) is 1. The molecule has 2 heterocycles. The molecule has 1 fully saturated rings. The van der Waals surface area contributed by atoms with Crippen LogP contribution in [0.5, 0.6) is 0 Å². The molecule has 1 aliphatic carbocycles. The molecule has 1 aromatic heterocycles. The number of hydrogen-bond donors (Lipinski definition) is 2. The number of nitrogens with one attached hydrogen (secondary N) is 2. The minimum absolute atomic E-state index is 0.272. The first-order valence-electron chi connectivity index (χ1n) is 12.4. The Hall–Kier alpha value is -3.36. The van der Waals surface area contributed by atoms with E-state index in [0.717, 1.165) is 36.9 Å². The van der Waals surface area contributed by atoms with Gasteiger partial charge in [-0.3, -0.25) is 9.59 Å². The maximum atomic E-state index is 13.6. The lowest BCUT2D eigenvalue weighted by atomic mass is 9.99. The largest absolute Gasteiger partial charge is 0.444 e. The molecule has 4 rings (SSSR count). The SMILES string of the molecule is CC(C)(C)OC(=O)N[C@H](Cc1ccccc1)C(=O)N1CCC[C@H]1C(=O)Nn1cc2c(n1)CCCC2. The minimum Gasteiger partial charge on any atom is -0.444 e. The second-order valence-corrected chi connectivity index (χ2v) is 10.3. The zero-order valence-corrected chi connectivity index (χ0v) is 20.8. The highest BCUT2D eigenvalue weighted by Gasteiger charge is 2.38. The molecule has 3 amide bonds. The monoisotopic (exact) mass is 481 g/mol. The van der Waals surface area contributed by atoms with Crippen molar-refractivity contribution >= 4 is 17.9 Å². The van der Waals surface area contributed by atoms with Gasteiger partial charge in [-0.1, -0.05) is 30.3 Å². The summed E-state index contributed by atoms with van der Waals surface area (Å²) in [5.41, 5.74) is 5.26. The normalized spacial score (nSPS) is 18.5. The predicted molar refractivity (Wildman–Crippen MR) is 131 cm³/mol. The van der Waals surface area contributed by atoms with Crippen molar-refractivity contribution < 1.29 is 19.1 Å². The molecule has 1 aromatic carbocycles. The van der Waals surface area contributed by atoms with E-state index in [2.05, 4.69) is 15.8 Å². The molecule has 9 nitrogen and oxygen atoms in total. The molecule has 2 N–H and O–H groups in total. The lowest BCUT2D eigenvalue weighted by Crippen LogP contribution is -2.54. The Bertz CT molecular complexity index is 1040. The Morgan fingerprint density at radius 3 is 2.57 bits per heavy atom. The maximum absolute atomic E-state index is 13.6. The molecule has 0 bridgehead atoms. The fourth-order valence-electron chi connectivity index (χ4n) is 4.72. The van der Waals surface area contributed by atoms with Gasteiger partial charge in [0.2, 0.25) is 5.91 Å². The second-order valence-electron chi connectivity index (χ2n) is 10.3. The Balaban J connectivity index is 1.47. The van der Waals surface area contributed by atoms with E-state index >= 15 is 0 Å². The summed E-state index contributed by atoms with van der Waals surface area (Å²) in [5, 5.41) is 7.24. The summed E-state index contributed by atoms with van der Waals surface area (Å²) >= 11 is 0. The molecule has 35 heavy (non-hydrogen) atoms. The van der Waals surface area contributed by atoms with Crippen molar-refractivity contribution in [3.63, 3.8) is 0 Å². The standard InChI is InChI=1S/C26H35N5O4/c1-26(2,3)35-25(34)27-21(16-18-10-5-4-6-11-18)24(33)30-15-9-14-22(30)23(32)29-31-17-19-12-7-8-13-20(19)28-31/h4-6,10-11,17,21-22H,7-9,12-16H2,1-3H3,(H,27,34)(H,29,32)/t21-,22+/m1/s1. The van der Waals surface area contributed by atoms with Gasteiger partial charge in [0.05, 0.1) is 11.9 Å². The highest BCUT2D eigenvalue weighted by atomic mass is 16.6. The van der Waals surface area contributed by atoms with E-state index in [0.29, 0.717) is 25.8 Å². The second kappa shape index (κ2) is 10.5. The van der Waals surface area contributed by atoms with Gasteiger partial charge in [0, 0.05) is 13.0 Å². The fraction of sp³-hybridized carbons (Fsp3) is 0.538. The zero-order chi connectivity index (χ0) is 25.0. The van der Waals surface area contributed by atoms with Crippen LogP contribution in [0.15, 0.2) is 36.5 Å². The van der Waals surface area contributed by atoms with Gasteiger partial charge in [-0.15, -0.1) is 0 Å². The van der Waals surface area contributed by atoms with Crippen molar-refractivity contribution in [2.24, 2.45) is 0 Å². The minimum atomic E-state index is -0.849. The van der Waals surface area contributed by atoms with Crippen LogP contribution >= 0.6 is 0 Å². The van der Waals surface area contributed by atoms with Crippen molar-refractivity contribution in [1.29, 1.82) is 0 Å². The number of carbonyl (C=O) groups is 3. The van der Waals surface area contributed by atoms with Crippen LogP contribution in [0.25, 0.3) is 0 Å². The average Bonchev–Trinajstić information content (AvgIpc) is 3.44. The van der Waals surface area contributed by atoms with E-state index in [1.54, 1.807) is 25.7 Å². The van der Waals surface area contributed by atoms with Gasteiger partial charge in [-0.25, -0.2) is 10.2 Å². The molecule has 188 valence electrons. The van der Waals surface area contributed by atoms with Crippen LogP contribution in [-0.2, 0) is 33.6 Å².